The zero-order valence-corrected chi connectivity index (χ0v) is 13.6. The number of hydrogen-bond acceptors (Lipinski definition) is 3. The molecule has 0 unspecified atom stereocenters. The van der Waals surface area contributed by atoms with Crippen LogP contribution >= 0.6 is 0 Å². The molecule has 0 heterocycles. The highest BCUT2D eigenvalue weighted by Crippen LogP contribution is 2.14. The number of carbonyl (C=O) groups excluding carboxylic acids is 1. The molecule has 0 aromatic heterocycles. The quantitative estimate of drug-likeness (QED) is 0.628. The Morgan fingerprint density at radius 3 is 2.39 bits per heavy atom. The van der Waals surface area contributed by atoms with Gasteiger partial charge in [0.15, 0.2) is 0 Å². The molecule has 0 aliphatic carbocycles. The van der Waals surface area contributed by atoms with Gasteiger partial charge in [-0.3, -0.25) is 4.79 Å². The zero-order chi connectivity index (χ0) is 16.5. The van der Waals surface area contributed by atoms with Gasteiger partial charge < -0.3 is 4.74 Å². The minimum atomic E-state index is -0.113. The van der Waals surface area contributed by atoms with Crippen molar-refractivity contribution >= 4 is 11.6 Å². The second kappa shape index (κ2) is 8.73. The van der Waals surface area contributed by atoms with E-state index < -0.39 is 0 Å². The van der Waals surface area contributed by atoms with Crippen molar-refractivity contribution in [2.24, 2.45) is 5.10 Å². The third-order valence-corrected chi connectivity index (χ3v) is 3.43. The monoisotopic (exact) mass is 310 g/mol. The predicted octanol–water partition coefficient (Wildman–Crippen LogP) is 3.56. The topological polar surface area (TPSA) is 50.7 Å². The van der Waals surface area contributed by atoms with Gasteiger partial charge in [-0.2, -0.15) is 5.10 Å². The first-order valence-electron chi connectivity index (χ1n) is 7.76. The van der Waals surface area contributed by atoms with E-state index in [0.717, 1.165) is 35.4 Å². The van der Waals surface area contributed by atoms with Gasteiger partial charge in [0.25, 0.3) is 0 Å². The highest BCUT2D eigenvalue weighted by atomic mass is 16.5. The molecule has 4 heteroatoms. The highest BCUT2D eigenvalue weighted by molar-refractivity contribution is 6.01. The molecule has 0 aliphatic heterocycles. The van der Waals surface area contributed by atoms with Crippen LogP contribution in [0.15, 0.2) is 59.7 Å². The van der Waals surface area contributed by atoms with E-state index in [1.807, 2.05) is 54.6 Å². The lowest BCUT2D eigenvalue weighted by atomic mass is 10.1. The van der Waals surface area contributed by atoms with Gasteiger partial charge in [-0.15, -0.1) is 0 Å². The van der Waals surface area contributed by atoms with Crippen molar-refractivity contribution in [2.75, 3.05) is 7.11 Å². The standard InChI is InChI=1S/C19H22N2O2/c1-3-7-18(16-10-12-17(23-2)13-11-16)20-21-19(22)14-15-8-5-4-6-9-15/h4-6,8-13H,3,7,14H2,1-2H3,(H,21,22). The summed E-state index contributed by atoms with van der Waals surface area (Å²) >= 11 is 0. The molecule has 0 fully saturated rings. The van der Waals surface area contributed by atoms with Crippen LogP contribution in [-0.2, 0) is 11.2 Å². The highest BCUT2D eigenvalue weighted by Gasteiger charge is 2.06. The molecule has 2 aromatic rings. The van der Waals surface area contributed by atoms with E-state index >= 15 is 0 Å². The van der Waals surface area contributed by atoms with E-state index in [1.165, 1.54) is 0 Å². The molecule has 2 aromatic carbocycles. The molecule has 1 amide bonds. The minimum Gasteiger partial charge on any atom is -0.497 e. The van der Waals surface area contributed by atoms with Gasteiger partial charge in [0.2, 0.25) is 5.91 Å². The number of nitrogens with zero attached hydrogens (tertiary/aromatic N) is 1. The summed E-state index contributed by atoms with van der Waals surface area (Å²) in [7, 11) is 1.64. The maximum Gasteiger partial charge on any atom is 0.244 e. The van der Waals surface area contributed by atoms with E-state index in [-0.39, 0.29) is 5.91 Å². The summed E-state index contributed by atoms with van der Waals surface area (Å²) in [5.41, 5.74) is 5.50. The van der Waals surface area contributed by atoms with Gasteiger partial charge in [-0.05, 0) is 41.8 Å². The molecular weight excluding hydrogens is 288 g/mol. The Labute approximate surface area is 137 Å². The molecule has 1 N–H and O–H groups in total. The summed E-state index contributed by atoms with van der Waals surface area (Å²) in [5.74, 6) is 0.691. The van der Waals surface area contributed by atoms with E-state index in [4.69, 9.17) is 4.74 Å². The van der Waals surface area contributed by atoms with Gasteiger partial charge >= 0.3 is 0 Å². The Hall–Kier alpha value is -2.62. The van der Waals surface area contributed by atoms with Crippen LogP contribution in [0.1, 0.15) is 30.9 Å². The molecule has 0 radical (unpaired) electrons. The Morgan fingerprint density at radius 1 is 1.09 bits per heavy atom. The number of hydrogen-bond donors (Lipinski definition) is 1. The van der Waals surface area contributed by atoms with Crippen molar-refractivity contribution in [1.82, 2.24) is 5.43 Å². The zero-order valence-electron chi connectivity index (χ0n) is 13.6. The minimum absolute atomic E-state index is 0.113. The van der Waals surface area contributed by atoms with Gasteiger partial charge in [-0.25, -0.2) is 5.43 Å². The number of nitrogens with one attached hydrogen (secondary N) is 1. The fourth-order valence-corrected chi connectivity index (χ4v) is 2.24. The number of hydrazone groups is 1. The summed E-state index contributed by atoms with van der Waals surface area (Å²) in [6.45, 7) is 2.09. The van der Waals surface area contributed by atoms with Crippen LogP contribution in [0.5, 0.6) is 5.75 Å². The normalized spacial score (nSPS) is 11.1. The molecule has 0 atom stereocenters. The summed E-state index contributed by atoms with van der Waals surface area (Å²) in [5, 5.41) is 4.31. The summed E-state index contributed by atoms with van der Waals surface area (Å²) in [6.07, 6.45) is 2.09. The van der Waals surface area contributed by atoms with Crippen molar-refractivity contribution < 1.29 is 9.53 Å². The van der Waals surface area contributed by atoms with Gasteiger partial charge in [0.05, 0.1) is 19.2 Å². The average molecular weight is 310 g/mol. The molecule has 0 saturated carbocycles. The van der Waals surface area contributed by atoms with Crippen LogP contribution in [0, 0.1) is 0 Å². The number of rotatable bonds is 7. The second-order valence-electron chi connectivity index (χ2n) is 5.23. The number of amides is 1. The fourth-order valence-electron chi connectivity index (χ4n) is 2.24. The first-order valence-corrected chi connectivity index (χ1v) is 7.76. The molecule has 23 heavy (non-hydrogen) atoms. The predicted molar refractivity (Wildman–Crippen MR) is 92.7 cm³/mol. The number of benzene rings is 2. The lowest BCUT2D eigenvalue weighted by Gasteiger charge is -2.08. The van der Waals surface area contributed by atoms with Crippen LogP contribution in [0.3, 0.4) is 0 Å². The van der Waals surface area contributed by atoms with Crippen LogP contribution in [0.4, 0.5) is 0 Å². The molecule has 0 spiro atoms. The van der Waals surface area contributed by atoms with Crippen molar-refractivity contribution in [1.29, 1.82) is 0 Å². The van der Waals surface area contributed by atoms with Gasteiger partial charge in [-0.1, -0.05) is 43.7 Å². The van der Waals surface area contributed by atoms with Crippen LogP contribution in [0.2, 0.25) is 0 Å². The lowest BCUT2D eigenvalue weighted by Crippen LogP contribution is -2.22. The molecule has 120 valence electrons. The maximum absolute atomic E-state index is 12.0. The average Bonchev–Trinajstić information content (AvgIpc) is 2.59. The van der Waals surface area contributed by atoms with E-state index in [1.54, 1.807) is 7.11 Å². The Balaban J connectivity index is 2.04. The van der Waals surface area contributed by atoms with E-state index in [9.17, 15) is 4.79 Å². The number of carbonyl (C=O) groups is 1. The molecule has 2 rings (SSSR count). The molecule has 0 aliphatic rings. The SMILES string of the molecule is CCCC(=NNC(=O)Cc1ccccc1)c1ccc(OC)cc1. The van der Waals surface area contributed by atoms with Crippen molar-refractivity contribution in [3.05, 3.63) is 65.7 Å². The lowest BCUT2D eigenvalue weighted by molar-refractivity contribution is -0.120. The smallest absolute Gasteiger partial charge is 0.244 e. The Kier molecular flexibility index (Phi) is 6.36. The summed E-state index contributed by atoms with van der Waals surface area (Å²) < 4.78 is 5.16. The van der Waals surface area contributed by atoms with Crippen LogP contribution in [0.25, 0.3) is 0 Å². The van der Waals surface area contributed by atoms with Crippen LogP contribution in [-0.4, -0.2) is 18.7 Å². The van der Waals surface area contributed by atoms with E-state index in [2.05, 4.69) is 17.5 Å². The molecule has 0 saturated heterocycles. The summed E-state index contributed by atoms with van der Waals surface area (Å²) in [6, 6.07) is 17.3. The molecular formula is C19H22N2O2. The van der Waals surface area contributed by atoms with Crippen molar-refractivity contribution in [2.45, 2.75) is 26.2 Å². The largest absolute Gasteiger partial charge is 0.497 e. The maximum atomic E-state index is 12.0. The number of ether oxygens (including phenoxy) is 1. The van der Waals surface area contributed by atoms with Crippen molar-refractivity contribution in [3.8, 4) is 5.75 Å². The van der Waals surface area contributed by atoms with E-state index in [0.29, 0.717) is 6.42 Å². The number of methoxy groups -OCH3 is 1. The Bertz CT molecular complexity index is 649. The van der Waals surface area contributed by atoms with Gasteiger partial charge in [0, 0.05) is 0 Å². The molecule has 4 nitrogen and oxygen atoms in total. The third-order valence-electron chi connectivity index (χ3n) is 3.43. The van der Waals surface area contributed by atoms with Crippen LogP contribution < -0.4 is 10.2 Å². The second-order valence-corrected chi connectivity index (χ2v) is 5.23. The first kappa shape index (κ1) is 16.7. The Morgan fingerprint density at radius 2 is 1.78 bits per heavy atom. The molecule has 0 bridgehead atoms. The third kappa shape index (κ3) is 5.25. The fraction of sp³-hybridized carbons (Fsp3) is 0.263. The van der Waals surface area contributed by atoms with Crippen molar-refractivity contribution in [3.63, 3.8) is 0 Å². The van der Waals surface area contributed by atoms with Gasteiger partial charge in [0.1, 0.15) is 5.75 Å². The summed E-state index contributed by atoms with van der Waals surface area (Å²) in [4.78, 5) is 12.0. The first-order chi connectivity index (χ1) is 11.2.